The maximum absolute atomic E-state index is 12.5. The molecule has 0 bridgehead atoms. The van der Waals surface area contributed by atoms with Gasteiger partial charge < -0.3 is 10.6 Å². The molecule has 3 aromatic rings. The number of carbonyl (C=O) groups excluding carboxylic acids is 2. The number of amides is 2. The first-order valence-electron chi connectivity index (χ1n) is 9.02. The Morgan fingerprint density at radius 3 is 2.37 bits per heavy atom. The van der Waals surface area contributed by atoms with Gasteiger partial charge in [0.25, 0.3) is 11.8 Å². The highest BCUT2D eigenvalue weighted by Crippen LogP contribution is 2.22. The first kappa shape index (κ1) is 21.5. The molecule has 3 N–H and O–H groups in total. The molecule has 0 fully saturated rings. The van der Waals surface area contributed by atoms with E-state index in [4.69, 9.17) is 0 Å². The number of aryl methyl sites for hydroxylation is 1. The molecule has 0 unspecified atom stereocenters. The normalized spacial score (nSPS) is 11.0. The summed E-state index contributed by atoms with van der Waals surface area (Å²) in [5, 5.41) is 7.44. The van der Waals surface area contributed by atoms with Crippen LogP contribution in [0, 0.1) is 6.92 Å². The van der Waals surface area contributed by atoms with E-state index in [1.165, 1.54) is 11.3 Å². The molecule has 30 heavy (non-hydrogen) atoms. The third kappa shape index (κ3) is 5.91. The lowest BCUT2D eigenvalue weighted by Gasteiger charge is -2.11. The van der Waals surface area contributed by atoms with Gasteiger partial charge in [-0.2, -0.15) is 0 Å². The Morgan fingerprint density at radius 1 is 1.00 bits per heavy atom. The second-order valence-corrected chi connectivity index (χ2v) is 9.41. The van der Waals surface area contributed by atoms with Crippen LogP contribution in [0.5, 0.6) is 0 Å². The average Bonchev–Trinajstić information content (AvgIpc) is 3.23. The van der Waals surface area contributed by atoms with E-state index in [0.717, 1.165) is 17.4 Å². The third-order valence-electron chi connectivity index (χ3n) is 4.20. The molecule has 0 radical (unpaired) electrons. The van der Waals surface area contributed by atoms with Crippen LogP contribution in [0.15, 0.2) is 60.0 Å². The van der Waals surface area contributed by atoms with Gasteiger partial charge in [0.1, 0.15) is 0 Å². The number of hydrogen-bond acceptors (Lipinski definition) is 5. The van der Waals surface area contributed by atoms with Crippen molar-refractivity contribution in [1.82, 2.24) is 5.32 Å². The quantitative estimate of drug-likeness (QED) is 0.519. The highest BCUT2D eigenvalue weighted by molar-refractivity contribution is 7.92. The minimum atomic E-state index is -3.42. The van der Waals surface area contributed by atoms with Crippen LogP contribution in [0.2, 0.25) is 0 Å². The van der Waals surface area contributed by atoms with E-state index in [1.807, 2.05) is 11.4 Å². The summed E-state index contributed by atoms with van der Waals surface area (Å²) in [5.74, 6) is -0.456. The Kier molecular flexibility index (Phi) is 6.53. The third-order valence-corrected chi connectivity index (χ3v) is 5.66. The molecule has 1 aromatic heterocycles. The Bertz CT molecular complexity index is 1160. The van der Waals surface area contributed by atoms with Crippen LogP contribution in [0.3, 0.4) is 0 Å². The number of rotatable bonds is 7. The predicted molar refractivity (Wildman–Crippen MR) is 120 cm³/mol. The molecule has 1 heterocycles. The molecule has 0 aliphatic carbocycles. The largest absolute Gasteiger partial charge is 0.347 e. The van der Waals surface area contributed by atoms with Gasteiger partial charge in [-0.1, -0.05) is 24.3 Å². The van der Waals surface area contributed by atoms with Gasteiger partial charge in [0.05, 0.1) is 16.8 Å². The van der Waals surface area contributed by atoms with E-state index < -0.39 is 10.0 Å². The highest BCUT2D eigenvalue weighted by atomic mass is 32.2. The summed E-state index contributed by atoms with van der Waals surface area (Å²) in [7, 11) is -3.42. The van der Waals surface area contributed by atoms with E-state index in [2.05, 4.69) is 15.4 Å². The molecule has 0 aliphatic heterocycles. The van der Waals surface area contributed by atoms with Crippen LogP contribution < -0.4 is 15.4 Å². The first-order chi connectivity index (χ1) is 14.2. The molecule has 0 saturated heterocycles. The van der Waals surface area contributed by atoms with Crippen molar-refractivity contribution in [2.45, 2.75) is 13.5 Å². The Labute approximate surface area is 179 Å². The zero-order valence-corrected chi connectivity index (χ0v) is 18.1. The van der Waals surface area contributed by atoms with Crippen LogP contribution in [-0.2, 0) is 16.6 Å². The van der Waals surface area contributed by atoms with E-state index in [1.54, 1.807) is 55.5 Å². The first-order valence-corrected chi connectivity index (χ1v) is 11.8. The lowest BCUT2D eigenvalue weighted by atomic mass is 10.1. The highest BCUT2D eigenvalue weighted by Gasteiger charge is 2.10. The molecule has 0 aliphatic rings. The molecular weight excluding hydrogens is 422 g/mol. The molecule has 3 rings (SSSR count). The summed E-state index contributed by atoms with van der Waals surface area (Å²) in [5.41, 5.74) is 2.94. The van der Waals surface area contributed by atoms with Crippen LogP contribution in [0.4, 0.5) is 11.4 Å². The Hall–Kier alpha value is -3.17. The lowest BCUT2D eigenvalue weighted by molar-refractivity contribution is 0.0953. The molecule has 7 nitrogen and oxygen atoms in total. The van der Waals surface area contributed by atoms with Gasteiger partial charge in [-0.3, -0.25) is 14.3 Å². The number of thiophene rings is 1. The second kappa shape index (κ2) is 9.10. The van der Waals surface area contributed by atoms with E-state index in [0.29, 0.717) is 28.4 Å². The minimum absolute atomic E-state index is 0.135. The zero-order valence-electron chi connectivity index (χ0n) is 16.4. The van der Waals surface area contributed by atoms with Crippen LogP contribution in [0.1, 0.15) is 31.2 Å². The fourth-order valence-electron chi connectivity index (χ4n) is 2.66. The van der Waals surface area contributed by atoms with Crippen molar-refractivity contribution in [1.29, 1.82) is 0 Å². The molecular formula is C21H21N3O4S2. The monoisotopic (exact) mass is 443 g/mol. The molecule has 0 saturated carbocycles. The summed E-state index contributed by atoms with van der Waals surface area (Å²) in [6.07, 6.45) is 1.07. The van der Waals surface area contributed by atoms with Crippen LogP contribution in [-0.4, -0.2) is 26.5 Å². The molecule has 2 amide bonds. The van der Waals surface area contributed by atoms with Gasteiger partial charge >= 0.3 is 0 Å². The van der Waals surface area contributed by atoms with Crippen LogP contribution >= 0.6 is 11.3 Å². The predicted octanol–water partition coefficient (Wildman–Crippen LogP) is 3.61. The van der Waals surface area contributed by atoms with Gasteiger partial charge in [-0.05, 0) is 53.8 Å². The van der Waals surface area contributed by atoms with Gasteiger partial charge in [0, 0.05) is 17.8 Å². The topological polar surface area (TPSA) is 104 Å². The number of nitrogens with one attached hydrogen (secondary N) is 3. The van der Waals surface area contributed by atoms with Gasteiger partial charge in [-0.15, -0.1) is 11.3 Å². The molecule has 0 spiro atoms. The van der Waals surface area contributed by atoms with Gasteiger partial charge in [-0.25, -0.2) is 8.42 Å². The van der Waals surface area contributed by atoms with E-state index in [-0.39, 0.29) is 11.8 Å². The number of carbonyl (C=O) groups is 2. The van der Waals surface area contributed by atoms with Crippen molar-refractivity contribution < 1.29 is 18.0 Å². The summed E-state index contributed by atoms with van der Waals surface area (Å²) < 4.78 is 25.4. The van der Waals surface area contributed by atoms with Crippen molar-refractivity contribution in [2.24, 2.45) is 0 Å². The number of hydrogen-bond donors (Lipinski definition) is 3. The fourth-order valence-corrected chi connectivity index (χ4v) is 3.92. The number of benzene rings is 2. The fraction of sp³-hybridized carbons (Fsp3) is 0.143. The minimum Gasteiger partial charge on any atom is -0.347 e. The molecule has 9 heteroatoms. The maximum atomic E-state index is 12.5. The standard InChI is InChI=1S/C21H21N3O4S2/c1-14-5-10-17(12-18(14)24-30(2,27)28)23-20(25)16-8-6-15(7-9-16)13-22-21(26)19-4-3-11-29-19/h3-12,24H,13H2,1-2H3,(H,22,26)(H,23,25). The average molecular weight is 444 g/mol. The van der Waals surface area contributed by atoms with Crippen molar-refractivity contribution >= 4 is 44.5 Å². The molecule has 2 aromatic carbocycles. The van der Waals surface area contributed by atoms with Crippen molar-refractivity contribution in [3.63, 3.8) is 0 Å². The Balaban J connectivity index is 1.62. The summed E-state index contributed by atoms with van der Waals surface area (Å²) in [6, 6.07) is 15.5. The van der Waals surface area contributed by atoms with E-state index >= 15 is 0 Å². The summed E-state index contributed by atoms with van der Waals surface area (Å²) in [4.78, 5) is 25.1. The second-order valence-electron chi connectivity index (χ2n) is 6.71. The van der Waals surface area contributed by atoms with Gasteiger partial charge in [0.15, 0.2) is 0 Å². The summed E-state index contributed by atoms with van der Waals surface area (Å²) in [6.45, 7) is 2.13. The number of anilines is 2. The van der Waals surface area contributed by atoms with Gasteiger partial charge in [0.2, 0.25) is 10.0 Å². The molecule has 156 valence electrons. The SMILES string of the molecule is Cc1ccc(NC(=O)c2ccc(CNC(=O)c3cccs3)cc2)cc1NS(C)(=O)=O. The summed E-state index contributed by atoms with van der Waals surface area (Å²) >= 11 is 1.38. The lowest BCUT2D eigenvalue weighted by Crippen LogP contribution is -2.21. The molecule has 0 atom stereocenters. The van der Waals surface area contributed by atoms with Crippen molar-refractivity contribution in [3.05, 3.63) is 81.5 Å². The van der Waals surface area contributed by atoms with Crippen LogP contribution in [0.25, 0.3) is 0 Å². The zero-order chi connectivity index (χ0) is 21.7. The Morgan fingerprint density at radius 2 is 1.73 bits per heavy atom. The number of sulfonamides is 1. The maximum Gasteiger partial charge on any atom is 0.261 e. The van der Waals surface area contributed by atoms with E-state index in [9.17, 15) is 18.0 Å². The van der Waals surface area contributed by atoms with Crippen molar-refractivity contribution in [3.8, 4) is 0 Å². The van der Waals surface area contributed by atoms with Crippen molar-refractivity contribution in [2.75, 3.05) is 16.3 Å². The smallest absolute Gasteiger partial charge is 0.261 e.